The molecule has 116 valence electrons. The number of nitrogens with one attached hydrogen (secondary N) is 1. The monoisotopic (exact) mass is 294 g/mol. The molecule has 0 aromatic heterocycles. The highest BCUT2D eigenvalue weighted by Crippen LogP contribution is 2.14. The molecular weight excluding hydrogens is 272 g/mol. The summed E-state index contributed by atoms with van der Waals surface area (Å²) in [6.45, 7) is 2.20. The molecule has 1 aromatic carbocycles. The molecule has 0 heterocycles. The van der Waals surface area contributed by atoms with E-state index < -0.39 is 0 Å². The van der Waals surface area contributed by atoms with Gasteiger partial charge in [0.05, 0.1) is 0 Å². The molecule has 21 heavy (non-hydrogen) atoms. The Morgan fingerprint density at radius 1 is 1.14 bits per heavy atom. The molecule has 6 nitrogen and oxygen atoms in total. The topological polar surface area (TPSA) is 67.9 Å². The van der Waals surface area contributed by atoms with Gasteiger partial charge in [-0.15, -0.1) is 0 Å². The minimum Gasteiger partial charge on any atom is -0.375 e. The Labute approximate surface area is 125 Å². The fraction of sp³-hybridized carbons (Fsp3) is 0.467. The van der Waals surface area contributed by atoms with Crippen molar-refractivity contribution < 1.29 is 19.1 Å². The lowest BCUT2D eigenvalue weighted by atomic mass is 10.2. The van der Waals surface area contributed by atoms with Crippen LogP contribution in [0.3, 0.4) is 0 Å². The number of anilines is 1. The van der Waals surface area contributed by atoms with Gasteiger partial charge in [0.25, 0.3) is 5.91 Å². The molecule has 1 atom stereocenters. The highest BCUT2D eigenvalue weighted by Gasteiger charge is 2.19. The number of carbonyl (C=O) groups is 2. The summed E-state index contributed by atoms with van der Waals surface area (Å²) in [6.07, 6.45) is 0. The van der Waals surface area contributed by atoms with Crippen LogP contribution in [-0.4, -0.2) is 51.8 Å². The van der Waals surface area contributed by atoms with Crippen LogP contribution in [0, 0.1) is 0 Å². The minimum absolute atomic E-state index is 0.00168. The predicted octanol–water partition coefficient (Wildman–Crippen LogP) is 0.817. The summed E-state index contributed by atoms with van der Waals surface area (Å²) in [4.78, 5) is 25.3. The van der Waals surface area contributed by atoms with Gasteiger partial charge >= 0.3 is 0 Å². The molecule has 0 aliphatic carbocycles. The summed E-state index contributed by atoms with van der Waals surface area (Å²) >= 11 is 0. The summed E-state index contributed by atoms with van der Waals surface area (Å²) in [7, 11) is 2.94. The van der Waals surface area contributed by atoms with Crippen LogP contribution < -0.4 is 10.2 Å². The summed E-state index contributed by atoms with van der Waals surface area (Å²) in [5.41, 5.74) is 0.771. The first-order valence-electron chi connectivity index (χ1n) is 6.71. The molecule has 1 rings (SSSR count). The van der Waals surface area contributed by atoms with Gasteiger partial charge in [0.15, 0.2) is 0 Å². The van der Waals surface area contributed by atoms with Crippen LogP contribution in [0.1, 0.15) is 6.92 Å². The van der Waals surface area contributed by atoms with E-state index in [0.29, 0.717) is 6.54 Å². The van der Waals surface area contributed by atoms with Gasteiger partial charge in [-0.1, -0.05) is 18.2 Å². The number of methoxy groups -OCH3 is 2. The molecule has 1 N–H and O–H groups in total. The van der Waals surface area contributed by atoms with Gasteiger partial charge < -0.3 is 19.7 Å². The van der Waals surface area contributed by atoms with Crippen LogP contribution in [0.5, 0.6) is 0 Å². The average Bonchev–Trinajstić information content (AvgIpc) is 2.46. The summed E-state index contributed by atoms with van der Waals surface area (Å²) in [6, 6.07) is 9.09. The number of amides is 2. The van der Waals surface area contributed by atoms with Crippen molar-refractivity contribution in [3.8, 4) is 0 Å². The normalized spacial score (nSPS) is 11.8. The number of rotatable bonds is 8. The molecule has 0 aliphatic rings. The molecule has 0 saturated carbocycles. The van der Waals surface area contributed by atoms with Crippen molar-refractivity contribution in [2.45, 2.75) is 13.0 Å². The molecule has 0 saturated heterocycles. The predicted molar refractivity (Wildman–Crippen MR) is 80.2 cm³/mol. The Kier molecular flexibility index (Phi) is 7.42. The number of benzene rings is 1. The highest BCUT2D eigenvalue weighted by molar-refractivity contribution is 5.94. The van der Waals surface area contributed by atoms with Gasteiger partial charge in [-0.3, -0.25) is 9.59 Å². The third-order valence-corrected chi connectivity index (χ3v) is 2.78. The van der Waals surface area contributed by atoms with E-state index in [1.807, 2.05) is 37.3 Å². The lowest BCUT2D eigenvalue weighted by Crippen LogP contribution is -2.46. The Bertz CT molecular complexity index is 450. The van der Waals surface area contributed by atoms with Gasteiger partial charge in [-0.05, 0) is 19.1 Å². The quantitative estimate of drug-likeness (QED) is 0.770. The largest absolute Gasteiger partial charge is 0.375 e. The maximum Gasteiger partial charge on any atom is 0.253 e. The minimum atomic E-state index is -0.211. The first kappa shape index (κ1) is 17.1. The van der Waals surface area contributed by atoms with E-state index in [2.05, 4.69) is 5.32 Å². The third-order valence-electron chi connectivity index (χ3n) is 2.78. The molecule has 0 bridgehead atoms. The van der Waals surface area contributed by atoms with Crippen molar-refractivity contribution in [2.75, 3.05) is 38.9 Å². The fourth-order valence-electron chi connectivity index (χ4n) is 1.93. The van der Waals surface area contributed by atoms with Crippen molar-refractivity contribution in [3.05, 3.63) is 30.3 Å². The maximum absolute atomic E-state index is 12.2. The molecule has 1 unspecified atom stereocenters. The smallest absolute Gasteiger partial charge is 0.253 e. The van der Waals surface area contributed by atoms with Crippen molar-refractivity contribution in [1.29, 1.82) is 0 Å². The van der Waals surface area contributed by atoms with Gasteiger partial charge in [0.1, 0.15) is 13.2 Å². The summed E-state index contributed by atoms with van der Waals surface area (Å²) in [5.74, 6) is -0.367. The summed E-state index contributed by atoms with van der Waals surface area (Å²) in [5, 5.41) is 2.78. The average molecular weight is 294 g/mol. The van der Waals surface area contributed by atoms with E-state index in [1.165, 1.54) is 14.2 Å². The van der Waals surface area contributed by atoms with Crippen LogP contribution in [0.2, 0.25) is 0 Å². The molecule has 0 radical (unpaired) electrons. The SMILES string of the molecule is COCC(=O)NC(C)CN(C(=O)COC)c1ccccc1. The molecule has 0 aliphatic heterocycles. The van der Waals surface area contributed by atoms with Gasteiger partial charge in [0, 0.05) is 32.5 Å². The Balaban J connectivity index is 2.74. The van der Waals surface area contributed by atoms with Crippen LogP contribution >= 0.6 is 0 Å². The lowest BCUT2D eigenvalue weighted by Gasteiger charge is -2.26. The van der Waals surface area contributed by atoms with Crippen molar-refractivity contribution >= 4 is 17.5 Å². The van der Waals surface area contributed by atoms with Gasteiger partial charge in [-0.2, -0.15) is 0 Å². The van der Waals surface area contributed by atoms with E-state index in [-0.39, 0.29) is 31.1 Å². The first-order chi connectivity index (χ1) is 10.1. The zero-order valence-corrected chi connectivity index (χ0v) is 12.7. The van der Waals surface area contributed by atoms with Crippen LogP contribution in [0.15, 0.2) is 30.3 Å². The van der Waals surface area contributed by atoms with E-state index >= 15 is 0 Å². The zero-order valence-electron chi connectivity index (χ0n) is 12.7. The van der Waals surface area contributed by atoms with Crippen molar-refractivity contribution in [3.63, 3.8) is 0 Å². The van der Waals surface area contributed by atoms with Crippen molar-refractivity contribution in [2.24, 2.45) is 0 Å². The first-order valence-corrected chi connectivity index (χ1v) is 6.71. The maximum atomic E-state index is 12.2. The van der Waals surface area contributed by atoms with Crippen LogP contribution in [0.4, 0.5) is 5.69 Å². The highest BCUT2D eigenvalue weighted by atomic mass is 16.5. The Morgan fingerprint density at radius 2 is 1.76 bits per heavy atom. The second-order valence-electron chi connectivity index (χ2n) is 4.67. The van der Waals surface area contributed by atoms with Gasteiger partial charge in [0.2, 0.25) is 5.91 Å². The number of ether oxygens (including phenoxy) is 2. The second kappa shape index (κ2) is 9.10. The van der Waals surface area contributed by atoms with Crippen molar-refractivity contribution in [1.82, 2.24) is 5.32 Å². The lowest BCUT2D eigenvalue weighted by molar-refractivity contribution is -0.126. The molecular formula is C15H22N2O4. The van der Waals surface area contributed by atoms with Crippen LogP contribution in [-0.2, 0) is 19.1 Å². The summed E-state index contributed by atoms with van der Waals surface area (Å²) < 4.78 is 9.68. The zero-order chi connectivity index (χ0) is 15.7. The van der Waals surface area contributed by atoms with E-state index in [1.54, 1.807) is 4.90 Å². The standard InChI is InChI=1S/C15H22N2O4/c1-12(16-14(18)10-20-2)9-17(15(19)11-21-3)13-7-5-4-6-8-13/h4-8,12H,9-11H2,1-3H3,(H,16,18). The number of hydrogen-bond donors (Lipinski definition) is 1. The molecule has 6 heteroatoms. The molecule has 1 aromatic rings. The van der Waals surface area contributed by atoms with Crippen LogP contribution in [0.25, 0.3) is 0 Å². The number of hydrogen-bond acceptors (Lipinski definition) is 4. The van der Waals surface area contributed by atoms with E-state index in [9.17, 15) is 9.59 Å². The van der Waals surface area contributed by atoms with E-state index in [4.69, 9.17) is 9.47 Å². The van der Waals surface area contributed by atoms with Gasteiger partial charge in [-0.25, -0.2) is 0 Å². The third kappa shape index (κ3) is 5.93. The Hall–Kier alpha value is -1.92. The number of nitrogens with zero attached hydrogens (tertiary/aromatic N) is 1. The van der Waals surface area contributed by atoms with E-state index in [0.717, 1.165) is 5.69 Å². The Morgan fingerprint density at radius 3 is 2.33 bits per heavy atom. The molecule has 0 fully saturated rings. The molecule has 0 spiro atoms. The second-order valence-corrected chi connectivity index (χ2v) is 4.67. The molecule has 2 amide bonds. The number of para-hydroxylation sites is 1. The fourth-order valence-corrected chi connectivity index (χ4v) is 1.93. The number of carbonyl (C=O) groups excluding carboxylic acids is 2.